The summed E-state index contributed by atoms with van der Waals surface area (Å²) in [7, 11) is 0. The lowest BCUT2D eigenvalue weighted by Crippen LogP contribution is -2.34. The van der Waals surface area contributed by atoms with Crippen molar-refractivity contribution in [2.24, 2.45) is 5.41 Å². The number of piperidine rings is 1. The van der Waals surface area contributed by atoms with Gasteiger partial charge in [-0.2, -0.15) is 0 Å². The molecule has 1 heterocycles. The molecule has 1 saturated heterocycles. The van der Waals surface area contributed by atoms with Crippen molar-refractivity contribution in [3.63, 3.8) is 0 Å². The van der Waals surface area contributed by atoms with Crippen LogP contribution in [0.5, 0.6) is 0 Å². The minimum Gasteiger partial charge on any atom is -0.481 e. The molecule has 0 aromatic carbocycles. The molecule has 0 radical (unpaired) electrons. The van der Waals surface area contributed by atoms with Gasteiger partial charge in [-0.05, 0) is 25.8 Å². The predicted octanol–water partition coefficient (Wildman–Crippen LogP) is 0.213. The van der Waals surface area contributed by atoms with Crippen LogP contribution in [0, 0.1) is 5.41 Å². The van der Waals surface area contributed by atoms with Gasteiger partial charge in [-0.1, -0.05) is 0 Å². The molecule has 0 unspecified atom stereocenters. The van der Waals surface area contributed by atoms with Crippen LogP contribution in [0.25, 0.3) is 0 Å². The summed E-state index contributed by atoms with van der Waals surface area (Å²) in [5.41, 5.74) is -0.349. The van der Waals surface area contributed by atoms with E-state index >= 15 is 0 Å². The Labute approximate surface area is 59.4 Å². The van der Waals surface area contributed by atoms with E-state index in [1.54, 1.807) is 0 Å². The maximum absolute atomic E-state index is 10.7. The molecule has 2 rings (SSSR count). The molecule has 0 aromatic heterocycles. The zero-order valence-electron chi connectivity index (χ0n) is 5.76. The Hall–Kier alpha value is -0.570. The maximum Gasteiger partial charge on any atom is 0.311 e. The summed E-state index contributed by atoms with van der Waals surface area (Å²) < 4.78 is 0. The third-order valence-electron chi connectivity index (χ3n) is 2.69. The SMILES string of the molecule is O=C(O)[C@@]12CCCN[C@H]1C2. The Balaban J connectivity index is 2.12. The van der Waals surface area contributed by atoms with Crippen molar-refractivity contribution in [1.29, 1.82) is 0 Å². The Kier molecular flexibility index (Phi) is 1.06. The van der Waals surface area contributed by atoms with Gasteiger partial charge in [-0.25, -0.2) is 0 Å². The van der Waals surface area contributed by atoms with Crippen LogP contribution in [0.3, 0.4) is 0 Å². The summed E-state index contributed by atoms with van der Waals surface area (Å²) in [6.45, 7) is 1.000. The highest BCUT2D eigenvalue weighted by molar-refractivity contribution is 5.79. The minimum absolute atomic E-state index is 0.291. The summed E-state index contributed by atoms with van der Waals surface area (Å²) in [6, 6.07) is 0.291. The van der Waals surface area contributed by atoms with Crippen molar-refractivity contribution in [3.05, 3.63) is 0 Å². The predicted molar refractivity (Wildman–Crippen MR) is 35.7 cm³/mol. The van der Waals surface area contributed by atoms with E-state index in [1.807, 2.05) is 0 Å². The molecular formula is C7H11NO2. The molecule has 2 atom stereocenters. The second kappa shape index (κ2) is 1.72. The van der Waals surface area contributed by atoms with Crippen LogP contribution in [0.1, 0.15) is 19.3 Å². The first-order valence-electron chi connectivity index (χ1n) is 3.72. The normalized spacial score (nSPS) is 44.2. The fraction of sp³-hybridized carbons (Fsp3) is 0.857. The van der Waals surface area contributed by atoms with Crippen LogP contribution in [-0.2, 0) is 4.79 Å². The van der Waals surface area contributed by atoms with Gasteiger partial charge in [0.1, 0.15) is 0 Å². The average Bonchev–Trinajstić information content (AvgIpc) is 2.61. The summed E-state index contributed by atoms with van der Waals surface area (Å²) in [5, 5.41) is 12.0. The second-order valence-corrected chi connectivity index (χ2v) is 3.28. The van der Waals surface area contributed by atoms with E-state index in [2.05, 4.69) is 5.32 Å². The number of nitrogens with one attached hydrogen (secondary N) is 1. The van der Waals surface area contributed by atoms with E-state index in [0.29, 0.717) is 6.04 Å². The number of aliphatic carboxylic acids is 1. The Bertz CT molecular complexity index is 180. The van der Waals surface area contributed by atoms with Gasteiger partial charge in [-0.3, -0.25) is 4.79 Å². The summed E-state index contributed by atoms with van der Waals surface area (Å²) in [4.78, 5) is 10.7. The lowest BCUT2D eigenvalue weighted by molar-refractivity contribution is -0.144. The van der Waals surface area contributed by atoms with Crippen LogP contribution in [0.15, 0.2) is 0 Å². The maximum atomic E-state index is 10.7. The largest absolute Gasteiger partial charge is 0.481 e. The van der Waals surface area contributed by atoms with Crippen LogP contribution >= 0.6 is 0 Å². The van der Waals surface area contributed by atoms with Crippen LogP contribution < -0.4 is 5.32 Å². The van der Waals surface area contributed by atoms with Gasteiger partial charge in [-0.15, -0.1) is 0 Å². The van der Waals surface area contributed by atoms with Gasteiger partial charge in [0.2, 0.25) is 0 Å². The second-order valence-electron chi connectivity index (χ2n) is 3.28. The number of hydrogen-bond acceptors (Lipinski definition) is 2. The number of carboxylic acids is 1. The molecule has 0 amide bonds. The molecule has 3 heteroatoms. The number of hydrogen-bond donors (Lipinski definition) is 2. The summed E-state index contributed by atoms with van der Waals surface area (Å²) in [5.74, 6) is -0.607. The quantitative estimate of drug-likeness (QED) is 0.549. The van der Waals surface area contributed by atoms with Crippen LogP contribution in [0.4, 0.5) is 0 Å². The molecule has 0 spiro atoms. The molecule has 56 valence electrons. The molecule has 3 nitrogen and oxygen atoms in total. The third kappa shape index (κ3) is 0.611. The van der Waals surface area contributed by atoms with Crippen molar-refractivity contribution in [2.45, 2.75) is 25.3 Å². The third-order valence-corrected chi connectivity index (χ3v) is 2.69. The number of fused-ring (bicyclic) bond motifs is 1. The monoisotopic (exact) mass is 141 g/mol. The van der Waals surface area contributed by atoms with Gasteiger partial charge >= 0.3 is 5.97 Å². The van der Waals surface area contributed by atoms with E-state index in [4.69, 9.17) is 5.11 Å². The van der Waals surface area contributed by atoms with Crippen molar-refractivity contribution >= 4 is 5.97 Å². The molecule has 1 saturated carbocycles. The molecule has 0 bridgehead atoms. The molecule has 1 aliphatic carbocycles. The Morgan fingerprint density at radius 3 is 3.00 bits per heavy atom. The zero-order valence-corrected chi connectivity index (χ0v) is 5.76. The van der Waals surface area contributed by atoms with Gasteiger partial charge in [0, 0.05) is 6.04 Å². The van der Waals surface area contributed by atoms with E-state index in [9.17, 15) is 4.79 Å². The molecule has 2 N–H and O–H groups in total. The van der Waals surface area contributed by atoms with Crippen molar-refractivity contribution < 1.29 is 9.90 Å². The molecule has 2 aliphatic rings. The highest BCUT2D eigenvalue weighted by Crippen LogP contribution is 2.51. The first-order valence-corrected chi connectivity index (χ1v) is 3.72. The number of rotatable bonds is 1. The van der Waals surface area contributed by atoms with Crippen LogP contribution in [-0.4, -0.2) is 23.7 Å². The summed E-state index contributed by atoms with van der Waals surface area (Å²) in [6.07, 6.45) is 2.74. The molecule has 10 heavy (non-hydrogen) atoms. The van der Waals surface area contributed by atoms with E-state index < -0.39 is 5.97 Å². The molecular weight excluding hydrogens is 130 g/mol. The van der Waals surface area contributed by atoms with Gasteiger partial charge in [0.25, 0.3) is 0 Å². The first kappa shape index (κ1) is 6.16. The lowest BCUT2D eigenvalue weighted by Gasteiger charge is -2.17. The molecule has 0 aromatic rings. The fourth-order valence-corrected chi connectivity index (χ4v) is 1.87. The topological polar surface area (TPSA) is 49.3 Å². The van der Waals surface area contributed by atoms with Gasteiger partial charge in [0.15, 0.2) is 0 Å². The van der Waals surface area contributed by atoms with Crippen LogP contribution in [0.2, 0.25) is 0 Å². The van der Waals surface area contributed by atoms with Gasteiger partial charge < -0.3 is 10.4 Å². The smallest absolute Gasteiger partial charge is 0.311 e. The molecule has 1 aliphatic heterocycles. The minimum atomic E-state index is -0.607. The van der Waals surface area contributed by atoms with E-state index in [-0.39, 0.29) is 5.41 Å². The molecule has 2 fully saturated rings. The van der Waals surface area contributed by atoms with Crippen molar-refractivity contribution in [2.75, 3.05) is 6.54 Å². The highest BCUT2D eigenvalue weighted by Gasteiger charge is 2.60. The average molecular weight is 141 g/mol. The highest BCUT2D eigenvalue weighted by atomic mass is 16.4. The van der Waals surface area contributed by atoms with E-state index in [0.717, 1.165) is 25.8 Å². The Morgan fingerprint density at radius 2 is 2.50 bits per heavy atom. The fourth-order valence-electron chi connectivity index (χ4n) is 1.87. The number of carboxylic acid groups (broad SMARTS) is 1. The van der Waals surface area contributed by atoms with Crippen molar-refractivity contribution in [3.8, 4) is 0 Å². The standard InChI is InChI=1S/C7H11NO2/c9-6(10)7-2-1-3-8-5(7)4-7/h5,8H,1-4H2,(H,9,10)/t5-,7+/m0/s1. The van der Waals surface area contributed by atoms with E-state index in [1.165, 1.54) is 0 Å². The number of carbonyl (C=O) groups is 1. The first-order chi connectivity index (χ1) is 4.76. The summed E-state index contributed by atoms with van der Waals surface area (Å²) >= 11 is 0. The lowest BCUT2D eigenvalue weighted by atomic mass is 9.97. The Morgan fingerprint density at radius 1 is 1.70 bits per heavy atom. The van der Waals surface area contributed by atoms with Crippen molar-refractivity contribution in [1.82, 2.24) is 5.32 Å². The van der Waals surface area contributed by atoms with Gasteiger partial charge in [0.05, 0.1) is 5.41 Å². The zero-order chi connectivity index (χ0) is 7.19.